The van der Waals surface area contributed by atoms with Gasteiger partial charge in [-0.1, -0.05) is 6.92 Å². The topological polar surface area (TPSA) is 52.6 Å². The van der Waals surface area contributed by atoms with Crippen molar-refractivity contribution in [2.45, 2.75) is 26.3 Å². The van der Waals surface area contributed by atoms with Crippen molar-refractivity contribution in [3.8, 4) is 0 Å². The van der Waals surface area contributed by atoms with Crippen LogP contribution in [0.4, 0.5) is 0 Å². The van der Waals surface area contributed by atoms with Crippen LogP contribution in [0.3, 0.4) is 0 Å². The number of amides is 1. The monoisotopic (exact) mass is 200 g/mol. The van der Waals surface area contributed by atoms with E-state index in [9.17, 15) is 4.79 Å². The number of nitrogens with zero attached hydrogens (tertiary/aromatic N) is 1. The third-order valence-corrected chi connectivity index (χ3v) is 2.86. The normalized spacial score (nSPS) is 26.5. The molecule has 0 aromatic rings. The fraction of sp³-hybridized carbons (Fsp3) is 0.900. The summed E-state index contributed by atoms with van der Waals surface area (Å²) in [6.45, 7) is 6.11. The third-order valence-electron chi connectivity index (χ3n) is 2.86. The van der Waals surface area contributed by atoms with E-state index in [1.807, 2.05) is 6.92 Å². The van der Waals surface area contributed by atoms with Gasteiger partial charge in [0.05, 0.1) is 12.6 Å². The van der Waals surface area contributed by atoms with Crippen LogP contribution in [0, 0.1) is 5.92 Å². The smallest absolute Gasteiger partial charge is 0.240 e. The first kappa shape index (κ1) is 11.5. The maximum Gasteiger partial charge on any atom is 0.240 e. The number of aliphatic hydroxyl groups is 1. The van der Waals surface area contributed by atoms with Crippen molar-refractivity contribution in [2.75, 3.05) is 26.2 Å². The number of carbonyl (C=O) groups is 1. The van der Waals surface area contributed by atoms with Crippen LogP contribution < -0.4 is 5.32 Å². The van der Waals surface area contributed by atoms with Crippen LogP contribution in [-0.2, 0) is 4.79 Å². The van der Waals surface area contributed by atoms with Crippen molar-refractivity contribution in [1.82, 2.24) is 10.2 Å². The molecule has 2 N–H and O–H groups in total. The van der Waals surface area contributed by atoms with E-state index >= 15 is 0 Å². The van der Waals surface area contributed by atoms with Crippen molar-refractivity contribution in [3.63, 3.8) is 0 Å². The molecule has 1 aliphatic heterocycles. The summed E-state index contributed by atoms with van der Waals surface area (Å²) in [6, 6.07) is -0.0403. The highest BCUT2D eigenvalue weighted by atomic mass is 16.3. The molecule has 1 fully saturated rings. The minimum absolute atomic E-state index is 0.0403. The quantitative estimate of drug-likeness (QED) is 0.662. The van der Waals surface area contributed by atoms with E-state index in [1.165, 1.54) is 0 Å². The van der Waals surface area contributed by atoms with Crippen molar-refractivity contribution in [1.29, 1.82) is 0 Å². The van der Waals surface area contributed by atoms with Crippen molar-refractivity contribution < 1.29 is 9.90 Å². The Kier molecular flexibility index (Phi) is 4.35. The van der Waals surface area contributed by atoms with Gasteiger partial charge in [-0.3, -0.25) is 4.79 Å². The zero-order valence-corrected chi connectivity index (χ0v) is 8.99. The van der Waals surface area contributed by atoms with Gasteiger partial charge >= 0.3 is 0 Å². The molecule has 2 unspecified atom stereocenters. The molecule has 1 aliphatic rings. The first-order chi connectivity index (χ1) is 6.70. The highest BCUT2D eigenvalue weighted by Crippen LogP contribution is 2.16. The van der Waals surface area contributed by atoms with Crippen LogP contribution in [0.1, 0.15) is 20.3 Å². The van der Waals surface area contributed by atoms with Gasteiger partial charge in [0.15, 0.2) is 0 Å². The molecule has 0 bridgehead atoms. The summed E-state index contributed by atoms with van der Waals surface area (Å²) in [5.41, 5.74) is 0. The molecule has 4 heteroatoms. The van der Waals surface area contributed by atoms with Crippen molar-refractivity contribution in [2.24, 2.45) is 5.92 Å². The molecular weight excluding hydrogens is 180 g/mol. The Bertz CT molecular complexity index is 197. The average molecular weight is 200 g/mol. The molecule has 1 saturated heterocycles. The third kappa shape index (κ3) is 2.45. The van der Waals surface area contributed by atoms with E-state index in [4.69, 9.17) is 5.11 Å². The van der Waals surface area contributed by atoms with Gasteiger partial charge in [0, 0.05) is 13.1 Å². The average Bonchev–Trinajstić information content (AvgIpc) is 2.59. The number of hydrogen-bond donors (Lipinski definition) is 2. The summed E-state index contributed by atoms with van der Waals surface area (Å²) >= 11 is 0. The highest BCUT2D eigenvalue weighted by molar-refractivity contribution is 5.82. The van der Waals surface area contributed by atoms with Gasteiger partial charge in [0.2, 0.25) is 5.91 Å². The lowest BCUT2D eigenvalue weighted by molar-refractivity contribution is -0.134. The van der Waals surface area contributed by atoms with Crippen LogP contribution in [0.5, 0.6) is 0 Å². The van der Waals surface area contributed by atoms with E-state index in [2.05, 4.69) is 12.2 Å². The van der Waals surface area contributed by atoms with Gasteiger partial charge in [-0.25, -0.2) is 0 Å². The molecule has 0 aromatic carbocycles. The van der Waals surface area contributed by atoms with Crippen molar-refractivity contribution >= 4 is 5.91 Å². The summed E-state index contributed by atoms with van der Waals surface area (Å²) in [5, 5.41) is 12.0. The molecule has 0 spiro atoms. The highest BCUT2D eigenvalue weighted by Gasteiger charge is 2.31. The number of carbonyl (C=O) groups excluding carboxylic acids is 1. The first-order valence-electron chi connectivity index (χ1n) is 5.33. The summed E-state index contributed by atoms with van der Waals surface area (Å²) in [5.74, 6) is 0.543. The van der Waals surface area contributed by atoms with E-state index < -0.39 is 0 Å². The summed E-state index contributed by atoms with van der Waals surface area (Å²) < 4.78 is 0. The van der Waals surface area contributed by atoms with Gasteiger partial charge in [-0.05, 0) is 25.8 Å². The maximum absolute atomic E-state index is 11.9. The lowest BCUT2D eigenvalue weighted by Crippen LogP contribution is -2.46. The van der Waals surface area contributed by atoms with Gasteiger partial charge in [0.25, 0.3) is 0 Å². The Hall–Kier alpha value is -0.610. The first-order valence-corrected chi connectivity index (χ1v) is 5.33. The predicted octanol–water partition coefficient (Wildman–Crippen LogP) is -0.175. The minimum atomic E-state index is -0.0403. The van der Waals surface area contributed by atoms with E-state index in [-0.39, 0.29) is 18.6 Å². The zero-order chi connectivity index (χ0) is 10.6. The molecule has 2 atom stereocenters. The molecule has 1 amide bonds. The van der Waals surface area contributed by atoms with Crippen LogP contribution in [0.25, 0.3) is 0 Å². The Morgan fingerprint density at radius 3 is 2.79 bits per heavy atom. The molecular formula is C10H20N2O2. The molecule has 4 nitrogen and oxygen atoms in total. The summed E-state index contributed by atoms with van der Waals surface area (Å²) in [4.78, 5) is 13.6. The van der Waals surface area contributed by atoms with Gasteiger partial charge in [-0.15, -0.1) is 0 Å². The molecule has 1 heterocycles. The Labute approximate surface area is 85.3 Å². The van der Waals surface area contributed by atoms with Gasteiger partial charge in [0.1, 0.15) is 0 Å². The molecule has 0 radical (unpaired) electrons. The number of hydrogen-bond acceptors (Lipinski definition) is 3. The second-order valence-corrected chi connectivity index (χ2v) is 3.84. The Balaban J connectivity index is 2.52. The van der Waals surface area contributed by atoms with E-state index in [1.54, 1.807) is 4.90 Å². The number of aliphatic hydroxyl groups excluding tert-OH is 1. The second-order valence-electron chi connectivity index (χ2n) is 3.84. The SMILES string of the molecule is CCN(CCO)C(=O)C1NCCC1C. The molecule has 14 heavy (non-hydrogen) atoms. The van der Waals surface area contributed by atoms with Crippen LogP contribution in [0.15, 0.2) is 0 Å². The zero-order valence-electron chi connectivity index (χ0n) is 8.99. The molecule has 0 aliphatic carbocycles. The van der Waals surface area contributed by atoms with E-state index in [0.717, 1.165) is 13.0 Å². The van der Waals surface area contributed by atoms with E-state index in [0.29, 0.717) is 19.0 Å². The van der Waals surface area contributed by atoms with Crippen LogP contribution >= 0.6 is 0 Å². The Morgan fingerprint density at radius 1 is 1.64 bits per heavy atom. The standard InChI is InChI=1S/C10H20N2O2/c1-3-12(6-7-13)10(14)9-8(2)4-5-11-9/h8-9,11,13H,3-7H2,1-2H3. The number of rotatable bonds is 4. The van der Waals surface area contributed by atoms with Crippen LogP contribution in [0.2, 0.25) is 0 Å². The fourth-order valence-corrected chi connectivity index (χ4v) is 1.91. The fourth-order valence-electron chi connectivity index (χ4n) is 1.91. The molecule has 82 valence electrons. The van der Waals surface area contributed by atoms with Gasteiger partial charge in [-0.2, -0.15) is 0 Å². The molecule has 0 saturated carbocycles. The number of likely N-dealkylation sites (N-methyl/N-ethyl adjacent to an activating group) is 1. The summed E-state index contributed by atoms with van der Waals surface area (Å²) in [6.07, 6.45) is 1.06. The van der Waals surface area contributed by atoms with Gasteiger partial charge < -0.3 is 15.3 Å². The maximum atomic E-state index is 11.9. The van der Waals surface area contributed by atoms with Crippen LogP contribution in [-0.4, -0.2) is 48.2 Å². The lowest BCUT2D eigenvalue weighted by atomic mass is 10.0. The largest absolute Gasteiger partial charge is 0.395 e. The molecule has 0 aromatic heterocycles. The minimum Gasteiger partial charge on any atom is -0.395 e. The number of nitrogens with one attached hydrogen (secondary N) is 1. The molecule has 1 rings (SSSR count). The Morgan fingerprint density at radius 2 is 2.36 bits per heavy atom. The second kappa shape index (κ2) is 5.32. The van der Waals surface area contributed by atoms with Crippen molar-refractivity contribution in [3.05, 3.63) is 0 Å². The lowest BCUT2D eigenvalue weighted by Gasteiger charge is -2.25. The summed E-state index contributed by atoms with van der Waals surface area (Å²) in [7, 11) is 0. The predicted molar refractivity (Wildman–Crippen MR) is 54.9 cm³/mol.